The van der Waals surface area contributed by atoms with Crippen molar-refractivity contribution in [3.8, 4) is 0 Å². The molecule has 0 fully saturated rings. The van der Waals surface area contributed by atoms with Crippen LogP contribution < -0.4 is 5.32 Å². The van der Waals surface area contributed by atoms with Gasteiger partial charge >= 0.3 is 0 Å². The predicted molar refractivity (Wildman–Crippen MR) is 124 cm³/mol. The molecule has 2 N–H and O–H groups in total. The molecule has 0 saturated heterocycles. The SMILES string of the molecule is CN(C)Cc1ccc(N=C(c2ccc3nc[nH]c3c2)C2C(=O)Nc3ccccc32)cc1. The summed E-state index contributed by atoms with van der Waals surface area (Å²) in [5, 5.41) is 3.00. The third-order valence-electron chi connectivity index (χ3n) is 5.47. The van der Waals surface area contributed by atoms with E-state index in [0.29, 0.717) is 0 Å². The fourth-order valence-electron chi connectivity index (χ4n) is 4.05. The van der Waals surface area contributed by atoms with Crippen LogP contribution in [0.3, 0.4) is 0 Å². The summed E-state index contributed by atoms with van der Waals surface area (Å²) in [5.74, 6) is -0.535. The first kappa shape index (κ1) is 19.2. The molecule has 4 aromatic rings. The topological polar surface area (TPSA) is 73.4 Å². The smallest absolute Gasteiger partial charge is 0.238 e. The number of nitrogens with one attached hydrogen (secondary N) is 2. The number of benzene rings is 3. The number of aliphatic imine (C=N–C) groups is 1. The van der Waals surface area contributed by atoms with Gasteiger partial charge in [0, 0.05) is 12.2 Å². The number of imidazole rings is 1. The Labute approximate surface area is 180 Å². The molecular formula is C25H23N5O. The van der Waals surface area contributed by atoms with E-state index >= 15 is 0 Å². The van der Waals surface area contributed by atoms with E-state index in [2.05, 4.69) is 32.3 Å². The lowest BCUT2D eigenvalue weighted by atomic mass is 9.90. The summed E-state index contributed by atoms with van der Waals surface area (Å²) in [5.41, 5.74) is 7.23. The molecule has 2 heterocycles. The fourth-order valence-corrected chi connectivity index (χ4v) is 4.05. The maximum atomic E-state index is 13.0. The Morgan fingerprint density at radius 3 is 2.68 bits per heavy atom. The lowest BCUT2D eigenvalue weighted by Gasteiger charge is -2.14. The molecule has 1 aliphatic heterocycles. The van der Waals surface area contributed by atoms with Crippen LogP contribution >= 0.6 is 0 Å². The zero-order chi connectivity index (χ0) is 21.4. The monoisotopic (exact) mass is 409 g/mol. The van der Waals surface area contributed by atoms with Crippen molar-refractivity contribution in [2.45, 2.75) is 12.5 Å². The lowest BCUT2D eigenvalue weighted by molar-refractivity contribution is -0.115. The first-order valence-corrected chi connectivity index (χ1v) is 10.2. The van der Waals surface area contributed by atoms with Crippen molar-refractivity contribution in [3.63, 3.8) is 0 Å². The van der Waals surface area contributed by atoms with E-state index in [4.69, 9.17) is 4.99 Å². The number of hydrogen-bond donors (Lipinski definition) is 2. The van der Waals surface area contributed by atoms with Gasteiger partial charge in [0.25, 0.3) is 0 Å². The van der Waals surface area contributed by atoms with E-state index in [1.54, 1.807) is 6.33 Å². The Bertz CT molecular complexity index is 1290. The van der Waals surface area contributed by atoms with Crippen LogP contribution in [0.15, 0.2) is 78.0 Å². The molecule has 1 unspecified atom stereocenters. The molecule has 0 spiro atoms. The summed E-state index contributed by atoms with van der Waals surface area (Å²) in [4.78, 5) is 27.6. The van der Waals surface area contributed by atoms with Crippen LogP contribution in [-0.4, -0.2) is 40.6 Å². The highest BCUT2D eigenvalue weighted by Gasteiger charge is 2.35. The Balaban J connectivity index is 1.62. The van der Waals surface area contributed by atoms with E-state index < -0.39 is 5.92 Å². The Hall–Kier alpha value is -3.77. The van der Waals surface area contributed by atoms with Gasteiger partial charge in [0.15, 0.2) is 0 Å². The molecule has 1 amide bonds. The molecule has 6 heteroatoms. The molecule has 31 heavy (non-hydrogen) atoms. The number of aromatic nitrogens is 2. The fraction of sp³-hybridized carbons (Fsp3) is 0.160. The van der Waals surface area contributed by atoms with Crippen molar-refractivity contribution >= 4 is 34.0 Å². The maximum Gasteiger partial charge on any atom is 0.238 e. The third-order valence-corrected chi connectivity index (χ3v) is 5.47. The standard InChI is InChI=1S/C25H23N5O/c1-30(2)14-16-7-10-18(11-8-16)28-24(17-9-12-21-22(13-17)27-15-26-21)23-19-5-3-4-6-20(19)29-25(23)31/h3-13,15,23H,14H2,1-2H3,(H,26,27)(H,29,31). The molecule has 1 atom stereocenters. The second kappa shape index (κ2) is 7.81. The van der Waals surface area contributed by atoms with Gasteiger partial charge in [-0.2, -0.15) is 0 Å². The highest BCUT2D eigenvalue weighted by atomic mass is 16.2. The number of hydrogen-bond acceptors (Lipinski definition) is 4. The van der Waals surface area contributed by atoms with Crippen molar-refractivity contribution in [3.05, 3.63) is 89.7 Å². The summed E-state index contributed by atoms with van der Waals surface area (Å²) in [6, 6.07) is 21.9. The van der Waals surface area contributed by atoms with Crippen LogP contribution in [0.1, 0.15) is 22.6 Å². The number of para-hydroxylation sites is 1. The van der Waals surface area contributed by atoms with Gasteiger partial charge in [-0.05, 0) is 61.1 Å². The average Bonchev–Trinajstić information content (AvgIpc) is 3.36. The summed E-state index contributed by atoms with van der Waals surface area (Å²) < 4.78 is 0. The molecule has 3 aromatic carbocycles. The van der Waals surface area contributed by atoms with E-state index in [1.807, 2.05) is 68.7 Å². The second-order valence-corrected chi connectivity index (χ2v) is 8.05. The van der Waals surface area contributed by atoms with Gasteiger partial charge in [0.1, 0.15) is 5.92 Å². The van der Waals surface area contributed by atoms with Gasteiger partial charge < -0.3 is 15.2 Å². The summed E-state index contributed by atoms with van der Waals surface area (Å²) >= 11 is 0. The Morgan fingerprint density at radius 2 is 1.87 bits per heavy atom. The minimum absolute atomic E-state index is 0.0612. The number of carbonyl (C=O) groups excluding carboxylic acids is 1. The van der Waals surface area contributed by atoms with Crippen molar-refractivity contribution in [2.75, 3.05) is 19.4 Å². The van der Waals surface area contributed by atoms with E-state index in [9.17, 15) is 4.79 Å². The molecule has 0 saturated carbocycles. The Kier molecular flexibility index (Phi) is 4.84. The second-order valence-electron chi connectivity index (χ2n) is 8.05. The summed E-state index contributed by atoms with van der Waals surface area (Å²) in [6.07, 6.45) is 1.67. The van der Waals surface area contributed by atoms with Crippen LogP contribution in [0.2, 0.25) is 0 Å². The van der Waals surface area contributed by atoms with Gasteiger partial charge in [-0.25, -0.2) is 4.98 Å². The number of anilines is 1. The van der Waals surface area contributed by atoms with E-state index in [0.717, 1.165) is 45.8 Å². The van der Waals surface area contributed by atoms with Gasteiger partial charge in [-0.15, -0.1) is 0 Å². The van der Waals surface area contributed by atoms with Crippen LogP contribution in [-0.2, 0) is 11.3 Å². The quantitative estimate of drug-likeness (QED) is 0.477. The van der Waals surface area contributed by atoms with Crippen LogP contribution in [0.25, 0.3) is 11.0 Å². The molecule has 0 radical (unpaired) electrons. The van der Waals surface area contributed by atoms with Gasteiger partial charge in [0.05, 0.1) is 28.8 Å². The number of rotatable bonds is 5. The number of fused-ring (bicyclic) bond motifs is 2. The highest BCUT2D eigenvalue weighted by molar-refractivity contribution is 6.24. The molecule has 6 nitrogen and oxygen atoms in total. The molecular weight excluding hydrogens is 386 g/mol. The number of nitrogens with zero attached hydrogens (tertiary/aromatic N) is 3. The molecule has 154 valence electrons. The average molecular weight is 409 g/mol. The first-order valence-electron chi connectivity index (χ1n) is 10.2. The van der Waals surface area contributed by atoms with Crippen LogP contribution in [0.4, 0.5) is 11.4 Å². The van der Waals surface area contributed by atoms with Gasteiger partial charge in [-0.3, -0.25) is 9.79 Å². The van der Waals surface area contributed by atoms with Crippen LogP contribution in [0, 0.1) is 0 Å². The molecule has 5 rings (SSSR count). The zero-order valence-corrected chi connectivity index (χ0v) is 17.5. The zero-order valence-electron chi connectivity index (χ0n) is 17.5. The van der Waals surface area contributed by atoms with Crippen molar-refractivity contribution in [1.82, 2.24) is 14.9 Å². The normalized spacial score (nSPS) is 16.0. The van der Waals surface area contributed by atoms with Crippen molar-refractivity contribution < 1.29 is 4.79 Å². The first-order chi connectivity index (χ1) is 15.1. The van der Waals surface area contributed by atoms with Crippen molar-refractivity contribution in [1.29, 1.82) is 0 Å². The minimum atomic E-state index is -0.474. The molecule has 1 aliphatic rings. The number of amides is 1. The minimum Gasteiger partial charge on any atom is -0.345 e. The van der Waals surface area contributed by atoms with E-state index in [-0.39, 0.29) is 5.91 Å². The molecule has 1 aromatic heterocycles. The van der Waals surface area contributed by atoms with Gasteiger partial charge in [0.2, 0.25) is 5.91 Å². The number of aromatic amines is 1. The highest BCUT2D eigenvalue weighted by Crippen LogP contribution is 2.36. The lowest BCUT2D eigenvalue weighted by Crippen LogP contribution is -2.22. The predicted octanol–water partition coefficient (Wildman–Crippen LogP) is 4.48. The number of H-pyrrole nitrogens is 1. The summed E-state index contributed by atoms with van der Waals surface area (Å²) in [6.45, 7) is 0.867. The molecule has 0 aliphatic carbocycles. The summed E-state index contributed by atoms with van der Waals surface area (Å²) in [7, 11) is 4.10. The Morgan fingerprint density at radius 1 is 1.06 bits per heavy atom. The molecule has 0 bridgehead atoms. The van der Waals surface area contributed by atoms with Crippen molar-refractivity contribution in [2.24, 2.45) is 4.99 Å². The third kappa shape index (κ3) is 3.73. The maximum absolute atomic E-state index is 13.0. The van der Waals surface area contributed by atoms with Crippen LogP contribution in [0.5, 0.6) is 0 Å². The van der Waals surface area contributed by atoms with Gasteiger partial charge in [-0.1, -0.05) is 36.4 Å². The number of carbonyl (C=O) groups is 1. The van der Waals surface area contributed by atoms with E-state index in [1.165, 1.54) is 5.56 Å². The largest absolute Gasteiger partial charge is 0.345 e.